The van der Waals surface area contributed by atoms with Crippen molar-refractivity contribution in [2.24, 2.45) is 15.9 Å². The van der Waals surface area contributed by atoms with Crippen LogP contribution in [0.1, 0.15) is 46.9 Å². The first-order chi connectivity index (χ1) is 13.6. The Kier molecular flexibility index (Phi) is 3.89. The molecule has 0 radical (unpaired) electrons. The molecule has 3 N–H and O–H groups in total. The van der Waals surface area contributed by atoms with Crippen LogP contribution in [0.2, 0.25) is 0 Å². The third-order valence-electron chi connectivity index (χ3n) is 4.83. The molecule has 3 aromatic rings. The summed E-state index contributed by atoms with van der Waals surface area (Å²) < 4.78 is 3.65. The van der Waals surface area contributed by atoms with E-state index in [0.717, 1.165) is 11.3 Å². The quantitative estimate of drug-likeness (QED) is 0.653. The summed E-state index contributed by atoms with van der Waals surface area (Å²) in [5, 5.41) is 18.4. The van der Waals surface area contributed by atoms with Crippen LogP contribution in [0.15, 0.2) is 40.9 Å². The van der Waals surface area contributed by atoms with Gasteiger partial charge < -0.3 is 15.5 Å². The molecule has 28 heavy (non-hydrogen) atoms. The fraction of sp³-hybridized carbons (Fsp3) is 0.333. The van der Waals surface area contributed by atoms with Gasteiger partial charge >= 0.3 is 0 Å². The second-order valence-corrected chi connectivity index (χ2v) is 7.15. The molecular formula is C18H19N9O. The monoisotopic (exact) mass is 377 g/mol. The maximum Gasteiger partial charge on any atom is 0.273 e. The summed E-state index contributed by atoms with van der Waals surface area (Å²) in [6.45, 7) is 0.726. The summed E-state index contributed by atoms with van der Waals surface area (Å²) in [5.74, 6) is 0.834. The molecule has 0 unspecified atom stereocenters. The van der Waals surface area contributed by atoms with Gasteiger partial charge in [-0.05, 0) is 30.4 Å². The van der Waals surface area contributed by atoms with Crippen molar-refractivity contribution in [1.29, 1.82) is 0 Å². The van der Waals surface area contributed by atoms with Crippen molar-refractivity contribution in [2.45, 2.75) is 31.7 Å². The van der Waals surface area contributed by atoms with Gasteiger partial charge in [0.1, 0.15) is 11.5 Å². The molecule has 1 fully saturated rings. The average molecular weight is 377 g/mol. The van der Waals surface area contributed by atoms with Crippen LogP contribution < -0.4 is 11.1 Å². The molecule has 3 aromatic heterocycles. The number of aromatic nitrogens is 5. The molecule has 10 heteroatoms. The van der Waals surface area contributed by atoms with Gasteiger partial charge in [0.15, 0.2) is 5.69 Å². The van der Waals surface area contributed by atoms with E-state index in [1.165, 1.54) is 18.4 Å². The number of hydrogen-bond acceptors (Lipinski definition) is 7. The molecule has 1 saturated carbocycles. The zero-order valence-corrected chi connectivity index (χ0v) is 15.1. The zero-order valence-electron chi connectivity index (χ0n) is 15.1. The molecule has 142 valence electrons. The van der Waals surface area contributed by atoms with E-state index in [1.54, 1.807) is 10.9 Å². The lowest BCUT2D eigenvalue weighted by Gasteiger charge is -2.01. The smallest absolute Gasteiger partial charge is 0.273 e. The summed E-state index contributed by atoms with van der Waals surface area (Å²) in [4.78, 5) is 16.8. The third-order valence-corrected chi connectivity index (χ3v) is 4.83. The third kappa shape index (κ3) is 3.36. The summed E-state index contributed by atoms with van der Waals surface area (Å²) in [6, 6.07) is 4.19. The second-order valence-electron chi connectivity index (χ2n) is 7.15. The van der Waals surface area contributed by atoms with E-state index in [-0.39, 0.29) is 18.1 Å². The van der Waals surface area contributed by atoms with Gasteiger partial charge in [0.25, 0.3) is 5.91 Å². The second kappa shape index (κ2) is 6.55. The highest BCUT2D eigenvalue weighted by molar-refractivity contribution is 6.08. The van der Waals surface area contributed by atoms with Crippen LogP contribution in [-0.2, 0) is 6.54 Å². The lowest BCUT2D eigenvalue weighted by atomic mass is 10.2. The summed E-state index contributed by atoms with van der Waals surface area (Å²) in [5.41, 5.74) is 9.64. The predicted octanol–water partition coefficient (Wildman–Crippen LogP) is 0.698. The summed E-state index contributed by atoms with van der Waals surface area (Å²) >= 11 is 0. The van der Waals surface area contributed by atoms with Crippen molar-refractivity contribution >= 4 is 23.1 Å². The topological polar surface area (TPSA) is 128 Å². The number of carbonyl (C=O) groups is 1. The van der Waals surface area contributed by atoms with Crippen LogP contribution in [0.4, 0.5) is 0 Å². The Morgan fingerprint density at radius 2 is 2.11 bits per heavy atom. The molecule has 0 spiro atoms. The molecule has 10 nitrogen and oxygen atoms in total. The Morgan fingerprint density at radius 3 is 2.89 bits per heavy atom. The summed E-state index contributed by atoms with van der Waals surface area (Å²) in [6.07, 6.45) is 8.76. The number of nitrogens with zero attached hydrogens (tertiary/aromatic N) is 7. The first-order valence-corrected chi connectivity index (χ1v) is 9.17. The van der Waals surface area contributed by atoms with E-state index in [2.05, 4.69) is 43.1 Å². The van der Waals surface area contributed by atoms with E-state index >= 15 is 0 Å². The normalized spacial score (nSPS) is 16.3. The van der Waals surface area contributed by atoms with Crippen LogP contribution in [0.5, 0.6) is 0 Å². The predicted molar refractivity (Wildman–Crippen MR) is 102 cm³/mol. The molecule has 2 aliphatic rings. The number of hydrogen-bond donors (Lipinski definition) is 2. The Labute approximate surface area is 160 Å². The number of carbonyl (C=O) groups excluding carboxylic acids is 1. The number of fused-ring (bicyclic) bond motifs is 1. The molecular weight excluding hydrogens is 358 g/mol. The van der Waals surface area contributed by atoms with E-state index in [1.807, 2.05) is 16.7 Å². The Bertz CT molecular complexity index is 1120. The minimum Gasteiger partial charge on any atom is -0.385 e. The molecule has 5 rings (SSSR count). The molecule has 4 heterocycles. The zero-order chi connectivity index (χ0) is 19.1. The number of imidazole rings is 1. The lowest BCUT2D eigenvalue weighted by Crippen LogP contribution is -2.30. The SMILES string of the molecule is NC1=NN=C(CNC(=O)c2cn(Cc3cn4cc(C5CC5)ccc4n3)nn2)C1. The molecule has 1 aliphatic carbocycles. The number of nitrogens with two attached hydrogens (primary N) is 1. The molecule has 1 amide bonds. The minimum atomic E-state index is -0.316. The van der Waals surface area contributed by atoms with Gasteiger partial charge in [-0.2, -0.15) is 5.10 Å². The van der Waals surface area contributed by atoms with Gasteiger partial charge in [0.2, 0.25) is 0 Å². The number of amides is 1. The maximum absolute atomic E-state index is 12.2. The van der Waals surface area contributed by atoms with Gasteiger partial charge in [-0.25, -0.2) is 9.67 Å². The van der Waals surface area contributed by atoms with Crippen molar-refractivity contribution in [3.8, 4) is 0 Å². The molecule has 0 saturated heterocycles. The van der Waals surface area contributed by atoms with Crippen LogP contribution in [-0.4, -0.2) is 48.4 Å². The average Bonchev–Trinajstić information content (AvgIpc) is 3.09. The first-order valence-electron chi connectivity index (χ1n) is 9.17. The van der Waals surface area contributed by atoms with Gasteiger partial charge in [-0.15, -0.1) is 10.2 Å². The molecule has 0 bridgehead atoms. The van der Waals surface area contributed by atoms with Gasteiger partial charge in [0, 0.05) is 18.8 Å². The standard InChI is InChI=1S/C18H19N9O/c19-16-5-13(22-24-16)6-20-18(28)15-10-27(25-23-15)9-14-8-26-7-12(11-1-2-11)3-4-17(26)21-14/h3-4,7-8,10-11H,1-2,5-6,9H2,(H2,19,24)(H,20,28). The van der Waals surface area contributed by atoms with Crippen molar-refractivity contribution < 1.29 is 4.79 Å². The highest BCUT2D eigenvalue weighted by Gasteiger charge is 2.23. The van der Waals surface area contributed by atoms with Gasteiger partial charge in [-0.1, -0.05) is 11.3 Å². The van der Waals surface area contributed by atoms with E-state index in [0.29, 0.717) is 30.4 Å². The highest BCUT2D eigenvalue weighted by atomic mass is 16.2. The highest BCUT2D eigenvalue weighted by Crippen LogP contribution is 2.39. The van der Waals surface area contributed by atoms with Crippen molar-refractivity contribution in [1.82, 2.24) is 29.7 Å². The lowest BCUT2D eigenvalue weighted by molar-refractivity contribution is 0.0954. The van der Waals surface area contributed by atoms with Crippen LogP contribution >= 0.6 is 0 Å². The minimum absolute atomic E-state index is 0.243. The Balaban J connectivity index is 1.23. The summed E-state index contributed by atoms with van der Waals surface area (Å²) in [7, 11) is 0. The van der Waals surface area contributed by atoms with Crippen molar-refractivity contribution in [2.75, 3.05) is 6.54 Å². The van der Waals surface area contributed by atoms with Crippen LogP contribution in [0.3, 0.4) is 0 Å². The van der Waals surface area contributed by atoms with Crippen LogP contribution in [0, 0.1) is 0 Å². The van der Waals surface area contributed by atoms with Gasteiger partial charge in [0.05, 0.1) is 30.7 Å². The Morgan fingerprint density at radius 1 is 1.21 bits per heavy atom. The van der Waals surface area contributed by atoms with Crippen LogP contribution in [0.25, 0.3) is 5.65 Å². The number of rotatable bonds is 6. The molecule has 1 aliphatic heterocycles. The number of pyridine rings is 1. The number of amidine groups is 1. The van der Waals surface area contributed by atoms with E-state index < -0.39 is 0 Å². The number of nitrogens with one attached hydrogen (secondary N) is 1. The van der Waals surface area contributed by atoms with Crippen molar-refractivity contribution in [3.05, 3.63) is 47.7 Å². The van der Waals surface area contributed by atoms with Crippen molar-refractivity contribution in [3.63, 3.8) is 0 Å². The van der Waals surface area contributed by atoms with E-state index in [9.17, 15) is 4.79 Å². The largest absolute Gasteiger partial charge is 0.385 e. The molecule has 0 aromatic carbocycles. The van der Waals surface area contributed by atoms with E-state index in [4.69, 9.17) is 5.73 Å². The molecule has 0 atom stereocenters. The Hall–Kier alpha value is -3.56. The maximum atomic E-state index is 12.2. The van der Waals surface area contributed by atoms with Gasteiger partial charge in [-0.3, -0.25) is 4.79 Å². The first kappa shape index (κ1) is 16.6. The fourth-order valence-corrected chi connectivity index (χ4v) is 3.23. The fourth-order valence-electron chi connectivity index (χ4n) is 3.23.